The zero-order chi connectivity index (χ0) is 23.1. The summed E-state index contributed by atoms with van der Waals surface area (Å²) in [4.78, 5) is 35.0. The highest BCUT2D eigenvalue weighted by Crippen LogP contribution is 2.40. The van der Waals surface area contributed by atoms with Crippen LogP contribution in [-0.2, 0) is 18.9 Å². The van der Waals surface area contributed by atoms with Crippen LogP contribution in [-0.4, -0.2) is 36.5 Å². The fraction of sp³-hybridized carbons (Fsp3) is 0.400. The Morgan fingerprint density at radius 1 is 1.16 bits per heavy atom. The van der Waals surface area contributed by atoms with Crippen molar-refractivity contribution >= 4 is 18.0 Å². The fourth-order valence-electron chi connectivity index (χ4n) is 2.92. The SMILES string of the molecule is CC1=C(OC(=O)OCCN)C(c2cccc([N+](=O)[O-])c2)C(OC(=O)OC(C)C)=C(C)N1. The number of hydrogen-bond acceptors (Lipinski definition) is 10. The Bertz CT molecular complexity index is 923. The number of hydrogen-bond donors (Lipinski definition) is 2. The predicted molar refractivity (Wildman–Crippen MR) is 109 cm³/mol. The molecule has 0 amide bonds. The van der Waals surface area contributed by atoms with Gasteiger partial charge in [-0.3, -0.25) is 10.1 Å². The van der Waals surface area contributed by atoms with E-state index in [1.54, 1.807) is 33.8 Å². The van der Waals surface area contributed by atoms with Gasteiger partial charge in [-0.25, -0.2) is 9.59 Å². The smallest absolute Gasteiger partial charge is 0.433 e. The van der Waals surface area contributed by atoms with E-state index in [-0.39, 0.29) is 30.4 Å². The van der Waals surface area contributed by atoms with Crippen molar-refractivity contribution < 1.29 is 33.5 Å². The van der Waals surface area contributed by atoms with Crippen LogP contribution in [0.2, 0.25) is 0 Å². The normalized spacial score (nSPS) is 16.0. The van der Waals surface area contributed by atoms with Crippen LogP contribution in [0.3, 0.4) is 0 Å². The first-order chi connectivity index (χ1) is 14.6. The molecule has 1 aromatic rings. The minimum absolute atomic E-state index is 0.0560. The summed E-state index contributed by atoms with van der Waals surface area (Å²) in [5.74, 6) is -0.829. The summed E-state index contributed by atoms with van der Waals surface area (Å²) in [6.45, 7) is 6.66. The van der Waals surface area contributed by atoms with Gasteiger partial charge in [0.1, 0.15) is 24.0 Å². The van der Waals surface area contributed by atoms with Crippen molar-refractivity contribution in [3.05, 3.63) is 62.9 Å². The molecule has 0 spiro atoms. The summed E-state index contributed by atoms with van der Waals surface area (Å²) >= 11 is 0. The topological polar surface area (TPSA) is 152 Å². The van der Waals surface area contributed by atoms with Crippen molar-refractivity contribution in [2.45, 2.75) is 39.7 Å². The maximum atomic E-state index is 12.2. The molecule has 0 radical (unpaired) electrons. The quantitative estimate of drug-likeness (QED) is 0.370. The Balaban J connectivity index is 2.51. The number of nitrogens with one attached hydrogen (secondary N) is 1. The Labute approximate surface area is 178 Å². The lowest BCUT2D eigenvalue weighted by Crippen LogP contribution is -2.30. The van der Waals surface area contributed by atoms with Crippen LogP contribution in [0.5, 0.6) is 0 Å². The summed E-state index contributed by atoms with van der Waals surface area (Å²) in [6.07, 6.45) is -2.41. The summed E-state index contributed by atoms with van der Waals surface area (Å²) in [5, 5.41) is 14.2. The predicted octanol–water partition coefficient (Wildman–Crippen LogP) is 3.42. The number of allylic oxidation sites excluding steroid dienone is 2. The number of dihydropyridines is 1. The Hall–Kier alpha value is -3.60. The molecule has 3 N–H and O–H groups in total. The molecule has 1 heterocycles. The van der Waals surface area contributed by atoms with E-state index in [1.165, 1.54) is 18.2 Å². The van der Waals surface area contributed by atoms with E-state index in [0.717, 1.165) is 0 Å². The highest BCUT2D eigenvalue weighted by molar-refractivity contribution is 5.65. The molecule has 1 aliphatic heterocycles. The van der Waals surface area contributed by atoms with Crippen molar-refractivity contribution in [2.75, 3.05) is 13.2 Å². The lowest BCUT2D eigenvalue weighted by atomic mass is 9.90. The molecule has 0 saturated heterocycles. The second-order valence-electron chi connectivity index (χ2n) is 6.90. The van der Waals surface area contributed by atoms with Crippen molar-refractivity contribution in [2.24, 2.45) is 5.73 Å². The molecule has 168 valence electrons. The monoisotopic (exact) mass is 435 g/mol. The van der Waals surface area contributed by atoms with Gasteiger partial charge in [0.2, 0.25) is 0 Å². The van der Waals surface area contributed by atoms with Gasteiger partial charge in [-0.05, 0) is 33.3 Å². The van der Waals surface area contributed by atoms with Gasteiger partial charge in [-0.2, -0.15) is 0 Å². The largest absolute Gasteiger partial charge is 0.513 e. The summed E-state index contributed by atoms with van der Waals surface area (Å²) in [6, 6.07) is 5.70. The van der Waals surface area contributed by atoms with E-state index in [9.17, 15) is 19.7 Å². The first-order valence-electron chi connectivity index (χ1n) is 9.50. The highest BCUT2D eigenvalue weighted by atomic mass is 16.7. The summed E-state index contributed by atoms with van der Waals surface area (Å²) in [5.41, 5.74) is 6.40. The number of nitro benzene ring substituents is 1. The van der Waals surface area contributed by atoms with Crippen molar-refractivity contribution in [1.82, 2.24) is 5.32 Å². The zero-order valence-corrected chi connectivity index (χ0v) is 17.7. The Kier molecular flexibility index (Phi) is 7.97. The van der Waals surface area contributed by atoms with Gasteiger partial charge in [-0.15, -0.1) is 0 Å². The molecular formula is C20H25N3O8. The van der Waals surface area contributed by atoms with Gasteiger partial charge in [0.25, 0.3) is 5.69 Å². The van der Waals surface area contributed by atoms with Crippen molar-refractivity contribution in [3.63, 3.8) is 0 Å². The molecule has 0 aliphatic carbocycles. The molecule has 2 rings (SSSR count). The third-order valence-corrected chi connectivity index (χ3v) is 4.11. The molecule has 0 aromatic heterocycles. The maximum Gasteiger partial charge on any atom is 0.513 e. The van der Waals surface area contributed by atoms with Crippen LogP contribution < -0.4 is 11.1 Å². The van der Waals surface area contributed by atoms with Gasteiger partial charge in [0.05, 0.1) is 22.4 Å². The standard InChI is InChI=1S/C20H25N3O8/c1-11(2)29-20(25)31-18-13(4)22-12(3)17(30-19(24)28-9-8-21)16(18)14-6-5-7-15(10-14)23(26)27/h5-7,10-11,16,22H,8-9,21H2,1-4H3. The van der Waals surface area contributed by atoms with E-state index in [1.807, 2.05) is 0 Å². The molecule has 0 fully saturated rings. The second-order valence-corrected chi connectivity index (χ2v) is 6.90. The Morgan fingerprint density at radius 2 is 1.77 bits per heavy atom. The van der Waals surface area contributed by atoms with E-state index in [0.29, 0.717) is 17.0 Å². The van der Waals surface area contributed by atoms with Gasteiger partial charge >= 0.3 is 12.3 Å². The molecule has 31 heavy (non-hydrogen) atoms. The number of ether oxygens (including phenoxy) is 4. The number of nitrogens with two attached hydrogens (primary N) is 1. The van der Waals surface area contributed by atoms with Crippen LogP contribution in [0.15, 0.2) is 47.2 Å². The van der Waals surface area contributed by atoms with Gasteiger partial charge in [0.15, 0.2) is 0 Å². The molecular weight excluding hydrogens is 410 g/mol. The van der Waals surface area contributed by atoms with Crippen LogP contribution in [0.1, 0.15) is 39.2 Å². The number of benzene rings is 1. The van der Waals surface area contributed by atoms with Gasteiger partial charge in [0, 0.05) is 18.7 Å². The number of non-ortho nitro benzene ring substituents is 1. The van der Waals surface area contributed by atoms with Crippen LogP contribution >= 0.6 is 0 Å². The van der Waals surface area contributed by atoms with E-state index < -0.39 is 29.3 Å². The third-order valence-electron chi connectivity index (χ3n) is 4.11. The Morgan fingerprint density at radius 3 is 2.32 bits per heavy atom. The van der Waals surface area contributed by atoms with Crippen LogP contribution in [0.4, 0.5) is 15.3 Å². The van der Waals surface area contributed by atoms with E-state index in [4.69, 9.17) is 24.7 Å². The van der Waals surface area contributed by atoms with E-state index >= 15 is 0 Å². The first-order valence-corrected chi connectivity index (χ1v) is 9.50. The summed E-state index contributed by atoms with van der Waals surface area (Å²) in [7, 11) is 0. The number of carbonyl (C=O) groups excluding carboxylic acids is 2. The second kappa shape index (κ2) is 10.4. The number of nitrogens with zero attached hydrogens (tertiary/aromatic N) is 1. The molecule has 1 aromatic carbocycles. The minimum atomic E-state index is -1.01. The maximum absolute atomic E-state index is 12.2. The number of rotatable bonds is 7. The molecule has 0 bridgehead atoms. The average molecular weight is 435 g/mol. The first kappa shape index (κ1) is 23.7. The van der Waals surface area contributed by atoms with Crippen LogP contribution in [0.25, 0.3) is 0 Å². The molecule has 0 saturated carbocycles. The lowest BCUT2D eigenvalue weighted by molar-refractivity contribution is -0.384. The fourth-order valence-corrected chi connectivity index (χ4v) is 2.92. The molecule has 1 unspecified atom stereocenters. The molecule has 1 aliphatic rings. The molecule has 1 atom stereocenters. The lowest BCUT2D eigenvalue weighted by Gasteiger charge is -2.30. The average Bonchev–Trinajstić information content (AvgIpc) is 2.69. The molecule has 11 nitrogen and oxygen atoms in total. The van der Waals surface area contributed by atoms with Crippen LogP contribution in [0, 0.1) is 10.1 Å². The minimum Gasteiger partial charge on any atom is -0.433 e. The van der Waals surface area contributed by atoms with Gasteiger partial charge < -0.3 is 30.0 Å². The molecule has 11 heteroatoms. The van der Waals surface area contributed by atoms with E-state index in [2.05, 4.69) is 5.32 Å². The third kappa shape index (κ3) is 6.19. The number of carbonyl (C=O) groups is 2. The van der Waals surface area contributed by atoms with Crippen molar-refractivity contribution in [1.29, 1.82) is 0 Å². The van der Waals surface area contributed by atoms with Crippen molar-refractivity contribution in [3.8, 4) is 0 Å². The van der Waals surface area contributed by atoms with Gasteiger partial charge in [-0.1, -0.05) is 12.1 Å². The summed E-state index contributed by atoms with van der Waals surface area (Å²) < 4.78 is 20.7. The highest BCUT2D eigenvalue weighted by Gasteiger charge is 2.36. The zero-order valence-electron chi connectivity index (χ0n) is 17.7. The number of nitro groups is 1.